The second-order valence-corrected chi connectivity index (χ2v) is 5.78. The molecule has 7 nitrogen and oxygen atoms in total. The third-order valence-electron chi connectivity index (χ3n) is 4.00. The minimum atomic E-state index is -0.723. The average molecular weight is 372 g/mol. The normalized spacial score (nSPS) is 11.3. The van der Waals surface area contributed by atoms with Gasteiger partial charge >= 0.3 is 0 Å². The third kappa shape index (κ3) is 4.91. The van der Waals surface area contributed by atoms with Gasteiger partial charge in [-0.25, -0.2) is 0 Å². The maximum Gasteiger partial charge on any atom is 0.255 e. The van der Waals surface area contributed by atoms with E-state index in [-0.39, 0.29) is 17.2 Å². The van der Waals surface area contributed by atoms with Gasteiger partial charge in [-0.3, -0.25) is 9.59 Å². The molecule has 2 amide bonds. The molecule has 0 radical (unpaired) electrons. The molecule has 1 atom stereocenters. The van der Waals surface area contributed by atoms with Crippen molar-refractivity contribution in [2.45, 2.75) is 19.5 Å². The van der Waals surface area contributed by atoms with Gasteiger partial charge in [0, 0.05) is 6.54 Å². The van der Waals surface area contributed by atoms with Crippen LogP contribution >= 0.6 is 0 Å². The molecular weight excluding hydrogens is 348 g/mol. The first-order chi connectivity index (χ1) is 13.0. The van der Waals surface area contributed by atoms with Crippen molar-refractivity contribution < 1.29 is 23.8 Å². The van der Waals surface area contributed by atoms with Gasteiger partial charge in [-0.2, -0.15) is 0 Å². The Kier molecular flexibility index (Phi) is 7.05. The number of hydrogen-bond acceptors (Lipinski definition) is 5. The predicted octanol–water partition coefficient (Wildman–Crippen LogP) is 2.15. The minimum Gasteiger partial charge on any atom is -0.493 e. The number of ether oxygens (including phenoxy) is 3. The molecule has 2 aromatic carbocycles. The van der Waals surface area contributed by atoms with Crippen LogP contribution in [0.1, 0.15) is 22.8 Å². The quantitative estimate of drug-likeness (QED) is 0.742. The van der Waals surface area contributed by atoms with Crippen LogP contribution in [-0.2, 0) is 11.3 Å². The van der Waals surface area contributed by atoms with E-state index in [0.717, 1.165) is 5.56 Å². The van der Waals surface area contributed by atoms with Crippen molar-refractivity contribution in [3.05, 3.63) is 53.6 Å². The summed E-state index contributed by atoms with van der Waals surface area (Å²) < 4.78 is 15.8. The number of rotatable bonds is 8. The summed E-state index contributed by atoms with van der Waals surface area (Å²) in [6, 6.07) is 12.0. The Hall–Kier alpha value is -3.22. The van der Waals surface area contributed by atoms with E-state index in [1.165, 1.54) is 21.3 Å². The Labute approximate surface area is 158 Å². The smallest absolute Gasteiger partial charge is 0.255 e. The predicted molar refractivity (Wildman–Crippen MR) is 101 cm³/mol. The van der Waals surface area contributed by atoms with E-state index < -0.39 is 11.9 Å². The van der Waals surface area contributed by atoms with Gasteiger partial charge in [0.05, 0.1) is 26.9 Å². The van der Waals surface area contributed by atoms with Crippen LogP contribution in [0.2, 0.25) is 0 Å². The molecule has 0 spiro atoms. The Bertz CT molecular complexity index is 792. The first-order valence-corrected chi connectivity index (χ1v) is 8.43. The molecule has 0 aromatic heterocycles. The van der Waals surface area contributed by atoms with E-state index in [4.69, 9.17) is 14.2 Å². The van der Waals surface area contributed by atoms with E-state index in [1.807, 2.05) is 30.3 Å². The molecule has 2 N–H and O–H groups in total. The van der Waals surface area contributed by atoms with Crippen LogP contribution in [-0.4, -0.2) is 39.2 Å². The Morgan fingerprint density at radius 2 is 1.59 bits per heavy atom. The van der Waals surface area contributed by atoms with Gasteiger partial charge in [0.15, 0.2) is 11.5 Å². The number of carbonyl (C=O) groups excluding carboxylic acids is 2. The van der Waals surface area contributed by atoms with Gasteiger partial charge in [-0.05, 0) is 24.6 Å². The number of nitrogens with one attached hydrogen (secondary N) is 2. The number of benzene rings is 2. The van der Waals surface area contributed by atoms with Crippen molar-refractivity contribution in [1.29, 1.82) is 0 Å². The van der Waals surface area contributed by atoms with Crippen LogP contribution in [0, 0.1) is 0 Å². The number of hydrogen-bond donors (Lipinski definition) is 2. The maximum absolute atomic E-state index is 12.6. The summed E-state index contributed by atoms with van der Waals surface area (Å²) in [6.07, 6.45) is 0. The number of methoxy groups -OCH3 is 3. The molecule has 0 fully saturated rings. The molecule has 144 valence electrons. The summed E-state index contributed by atoms with van der Waals surface area (Å²) in [5.41, 5.74) is 1.23. The highest BCUT2D eigenvalue weighted by molar-refractivity contribution is 6.00. The average Bonchev–Trinajstić information content (AvgIpc) is 2.71. The third-order valence-corrected chi connectivity index (χ3v) is 4.00. The first kappa shape index (κ1) is 20.1. The highest BCUT2D eigenvalue weighted by atomic mass is 16.5. The van der Waals surface area contributed by atoms with Crippen LogP contribution in [0.25, 0.3) is 0 Å². The van der Waals surface area contributed by atoms with E-state index in [1.54, 1.807) is 19.1 Å². The maximum atomic E-state index is 12.6. The van der Waals surface area contributed by atoms with Crippen molar-refractivity contribution in [2.24, 2.45) is 0 Å². The lowest BCUT2D eigenvalue weighted by Gasteiger charge is -2.18. The van der Waals surface area contributed by atoms with Crippen LogP contribution in [0.4, 0.5) is 0 Å². The highest BCUT2D eigenvalue weighted by Gasteiger charge is 2.23. The zero-order chi connectivity index (χ0) is 19.8. The summed E-state index contributed by atoms with van der Waals surface area (Å²) in [6.45, 7) is 2.00. The fraction of sp³-hybridized carbons (Fsp3) is 0.300. The molecule has 0 bridgehead atoms. The molecule has 0 saturated carbocycles. The lowest BCUT2D eigenvalue weighted by molar-refractivity contribution is -0.122. The second kappa shape index (κ2) is 9.47. The molecule has 0 aliphatic heterocycles. The SMILES string of the molecule is COc1ccc(C(=O)NC(C)C(=O)NCc2ccccc2)c(OC)c1OC. The van der Waals surface area contributed by atoms with E-state index in [2.05, 4.69) is 10.6 Å². The van der Waals surface area contributed by atoms with Crippen molar-refractivity contribution in [3.63, 3.8) is 0 Å². The molecule has 0 heterocycles. The lowest BCUT2D eigenvalue weighted by atomic mass is 10.1. The minimum absolute atomic E-state index is 0.242. The van der Waals surface area contributed by atoms with Crippen molar-refractivity contribution in [3.8, 4) is 17.2 Å². The van der Waals surface area contributed by atoms with E-state index in [0.29, 0.717) is 18.0 Å². The number of amides is 2. The summed E-state index contributed by atoms with van der Waals surface area (Å²) in [4.78, 5) is 24.9. The molecule has 1 unspecified atom stereocenters. The summed E-state index contributed by atoms with van der Waals surface area (Å²) >= 11 is 0. The van der Waals surface area contributed by atoms with Crippen molar-refractivity contribution >= 4 is 11.8 Å². The molecule has 27 heavy (non-hydrogen) atoms. The van der Waals surface area contributed by atoms with Crippen molar-refractivity contribution in [1.82, 2.24) is 10.6 Å². The Balaban J connectivity index is 2.06. The van der Waals surface area contributed by atoms with Gasteiger partial charge in [0.1, 0.15) is 6.04 Å². The molecule has 7 heteroatoms. The Morgan fingerprint density at radius 1 is 0.926 bits per heavy atom. The monoisotopic (exact) mass is 372 g/mol. The van der Waals surface area contributed by atoms with Gasteiger partial charge in [-0.15, -0.1) is 0 Å². The zero-order valence-electron chi connectivity index (χ0n) is 15.9. The number of carbonyl (C=O) groups is 2. The highest BCUT2D eigenvalue weighted by Crippen LogP contribution is 2.39. The first-order valence-electron chi connectivity index (χ1n) is 8.43. The largest absolute Gasteiger partial charge is 0.493 e. The summed E-state index contributed by atoms with van der Waals surface area (Å²) in [7, 11) is 4.39. The van der Waals surface area contributed by atoms with E-state index >= 15 is 0 Å². The molecule has 2 aromatic rings. The van der Waals surface area contributed by atoms with Gasteiger partial charge in [0.2, 0.25) is 11.7 Å². The topological polar surface area (TPSA) is 85.9 Å². The molecule has 0 aliphatic carbocycles. The lowest BCUT2D eigenvalue weighted by Crippen LogP contribution is -2.44. The molecule has 0 aliphatic rings. The van der Waals surface area contributed by atoms with Crippen molar-refractivity contribution in [2.75, 3.05) is 21.3 Å². The van der Waals surface area contributed by atoms with E-state index in [9.17, 15) is 9.59 Å². The van der Waals surface area contributed by atoms with Gasteiger partial charge < -0.3 is 24.8 Å². The molecule has 2 rings (SSSR count). The van der Waals surface area contributed by atoms with Gasteiger partial charge in [0.25, 0.3) is 5.91 Å². The van der Waals surface area contributed by atoms with Crippen LogP contribution in [0.3, 0.4) is 0 Å². The zero-order valence-corrected chi connectivity index (χ0v) is 15.9. The summed E-state index contributed by atoms with van der Waals surface area (Å²) in [5, 5.41) is 5.46. The Morgan fingerprint density at radius 3 is 2.19 bits per heavy atom. The molecule has 0 saturated heterocycles. The molecular formula is C20H24N2O5. The van der Waals surface area contributed by atoms with Crippen LogP contribution in [0.5, 0.6) is 17.2 Å². The van der Waals surface area contributed by atoms with Crippen LogP contribution in [0.15, 0.2) is 42.5 Å². The standard InChI is InChI=1S/C20H24N2O5/c1-13(19(23)21-12-14-8-6-5-7-9-14)22-20(24)15-10-11-16(25-2)18(27-4)17(15)26-3/h5-11,13H,12H2,1-4H3,(H,21,23)(H,22,24). The fourth-order valence-corrected chi connectivity index (χ4v) is 2.56. The van der Waals surface area contributed by atoms with Gasteiger partial charge in [-0.1, -0.05) is 30.3 Å². The second-order valence-electron chi connectivity index (χ2n) is 5.78. The summed E-state index contributed by atoms with van der Waals surface area (Å²) in [5.74, 6) is 0.265. The fourth-order valence-electron chi connectivity index (χ4n) is 2.56. The van der Waals surface area contributed by atoms with Crippen LogP contribution < -0.4 is 24.8 Å².